The lowest BCUT2D eigenvalue weighted by Crippen LogP contribution is -2.20. The Morgan fingerprint density at radius 1 is 1.14 bits per heavy atom. The third-order valence-electron chi connectivity index (χ3n) is 2.81. The number of hydrogen-bond donors (Lipinski definition) is 1. The average Bonchev–Trinajstić information content (AvgIpc) is 2.20. The molecule has 1 aromatic rings. The van der Waals surface area contributed by atoms with Crippen molar-refractivity contribution in [3.63, 3.8) is 0 Å². The lowest BCUT2D eigenvalue weighted by atomic mass is 9.90. The van der Waals surface area contributed by atoms with Gasteiger partial charge in [0.15, 0.2) is 0 Å². The molecule has 0 amide bonds. The molecule has 0 saturated heterocycles. The quantitative estimate of drug-likeness (QED) is 0.869. The summed E-state index contributed by atoms with van der Waals surface area (Å²) in [5.41, 5.74) is 7.43. The van der Waals surface area contributed by atoms with Crippen LogP contribution in [0.5, 0.6) is 0 Å². The number of nitrogens with two attached hydrogens (primary N) is 1. The lowest BCUT2D eigenvalue weighted by Gasteiger charge is -2.21. The first-order chi connectivity index (χ1) is 6.69. The van der Waals surface area contributed by atoms with Gasteiger partial charge in [0, 0.05) is 10.5 Å². The zero-order valence-electron chi connectivity index (χ0n) is 8.83. The van der Waals surface area contributed by atoms with Crippen molar-refractivity contribution < 1.29 is 0 Å². The maximum atomic E-state index is 6.20. The number of halogens is 1. The molecule has 0 aliphatic rings. The highest BCUT2D eigenvalue weighted by molar-refractivity contribution is 9.10. The van der Waals surface area contributed by atoms with E-state index in [1.54, 1.807) is 0 Å². The van der Waals surface area contributed by atoms with Gasteiger partial charge in [0.25, 0.3) is 0 Å². The predicted octanol–water partition coefficient (Wildman–Crippen LogP) is 3.89. The van der Waals surface area contributed by atoms with Crippen LogP contribution in [0.2, 0.25) is 0 Å². The summed E-state index contributed by atoms with van der Waals surface area (Å²) < 4.78 is 1.11. The first-order valence-corrected chi connectivity index (χ1v) is 5.99. The van der Waals surface area contributed by atoms with E-state index in [1.807, 2.05) is 0 Å². The van der Waals surface area contributed by atoms with Crippen molar-refractivity contribution in [1.82, 2.24) is 0 Å². The van der Waals surface area contributed by atoms with E-state index in [1.165, 1.54) is 5.56 Å². The molecule has 0 aromatic heterocycles. The van der Waals surface area contributed by atoms with Crippen molar-refractivity contribution in [2.75, 3.05) is 0 Å². The number of rotatable bonds is 4. The zero-order chi connectivity index (χ0) is 10.6. The summed E-state index contributed by atoms with van der Waals surface area (Å²) >= 11 is 3.42. The summed E-state index contributed by atoms with van der Waals surface area (Å²) in [5, 5.41) is 0. The van der Waals surface area contributed by atoms with Crippen LogP contribution in [-0.4, -0.2) is 0 Å². The van der Waals surface area contributed by atoms with E-state index in [4.69, 9.17) is 5.73 Å². The van der Waals surface area contributed by atoms with Crippen molar-refractivity contribution in [1.29, 1.82) is 0 Å². The van der Waals surface area contributed by atoms with E-state index in [0.717, 1.165) is 17.3 Å². The molecule has 78 valence electrons. The molecule has 1 nitrogen and oxygen atoms in total. The molecule has 0 heterocycles. The fourth-order valence-electron chi connectivity index (χ4n) is 1.75. The second-order valence-electron chi connectivity index (χ2n) is 3.65. The van der Waals surface area contributed by atoms with Crippen molar-refractivity contribution in [2.45, 2.75) is 32.7 Å². The summed E-state index contributed by atoms with van der Waals surface area (Å²) in [4.78, 5) is 0. The molecule has 2 heteroatoms. The summed E-state index contributed by atoms with van der Waals surface area (Å²) in [6.07, 6.45) is 2.29. The third-order valence-corrected chi connectivity index (χ3v) is 3.34. The Bertz CT molecular complexity index is 264. The first-order valence-electron chi connectivity index (χ1n) is 5.20. The fourth-order valence-corrected chi connectivity index (χ4v) is 2.02. The molecule has 14 heavy (non-hydrogen) atoms. The van der Waals surface area contributed by atoms with E-state index in [2.05, 4.69) is 54.0 Å². The fraction of sp³-hybridized carbons (Fsp3) is 0.500. The number of hydrogen-bond acceptors (Lipinski definition) is 1. The van der Waals surface area contributed by atoms with Crippen LogP contribution in [0.3, 0.4) is 0 Å². The molecule has 0 saturated carbocycles. The molecule has 1 atom stereocenters. The molecule has 0 spiro atoms. The Morgan fingerprint density at radius 3 is 2.07 bits per heavy atom. The molecular formula is C12H18BrN. The maximum absolute atomic E-state index is 6.20. The zero-order valence-corrected chi connectivity index (χ0v) is 10.4. The van der Waals surface area contributed by atoms with Gasteiger partial charge >= 0.3 is 0 Å². The van der Waals surface area contributed by atoms with Crippen LogP contribution in [0.15, 0.2) is 28.7 Å². The van der Waals surface area contributed by atoms with Crippen LogP contribution in [0.25, 0.3) is 0 Å². The van der Waals surface area contributed by atoms with Gasteiger partial charge in [-0.25, -0.2) is 0 Å². The van der Waals surface area contributed by atoms with Crippen molar-refractivity contribution in [3.05, 3.63) is 34.3 Å². The highest BCUT2D eigenvalue weighted by Crippen LogP contribution is 2.25. The summed E-state index contributed by atoms with van der Waals surface area (Å²) in [5.74, 6) is 0.594. The van der Waals surface area contributed by atoms with Crippen LogP contribution in [0.1, 0.15) is 38.3 Å². The summed E-state index contributed by atoms with van der Waals surface area (Å²) in [7, 11) is 0. The molecule has 1 unspecified atom stereocenters. The molecular weight excluding hydrogens is 238 g/mol. The topological polar surface area (TPSA) is 26.0 Å². The lowest BCUT2D eigenvalue weighted by molar-refractivity contribution is 0.405. The predicted molar refractivity (Wildman–Crippen MR) is 65.1 cm³/mol. The first kappa shape index (κ1) is 11.7. The molecule has 0 aliphatic carbocycles. The Morgan fingerprint density at radius 2 is 1.64 bits per heavy atom. The SMILES string of the molecule is CCC(CC)C(N)c1ccc(Br)cc1. The van der Waals surface area contributed by atoms with Crippen LogP contribution < -0.4 is 5.73 Å². The molecule has 1 aromatic carbocycles. The number of benzene rings is 1. The van der Waals surface area contributed by atoms with Gasteiger partial charge in [-0.15, -0.1) is 0 Å². The molecule has 1 rings (SSSR count). The van der Waals surface area contributed by atoms with E-state index < -0.39 is 0 Å². The van der Waals surface area contributed by atoms with Crippen molar-refractivity contribution >= 4 is 15.9 Å². The largest absolute Gasteiger partial charge is 0.324 e. The Labute approximate surface area is 94.8 Å². The Balaban J connectivity index is 2.77. The van der Waals surface area contributed by atoms with Crippen LogP contribution >= 0.6 is 15.9 Å². The minimum atomic E-state index is 0.179. The second kappa shape index (κ2) is 5.52. The normalized spacial score (nSPS) is 13.2. The third kappa shape index (κ3) is 2.82. The van der Waals surface area contributed by atoms with Gasteiger partial charge in [-0.2, -0.15) is 0 Å². The van der Waals surface area contributed by atoms with Gasteiger partial charge < -0.3 is 5.73 Å². The van der Waals surface area contributed by atoms with Crippen molar-refractivity contribution in [3.8, 4) is 0 Å². The van der Waals surface area contributed by atoms with Gasteiger partial charge in [0.2, 0.25) is 0 Å². The highest BCUT2D eigenvalue weighted by atomic mass is 79.9. The van der Waals surface area contributed by atoms with Gasteiger partial charge in [-0.1, -0.05) is 54.8 Å². The van der Waals surface area contributed by atoms with Crippen LogP contribution in [0, 0.1) is 5.92 Å². The average molecular weight is 256 g/mol. The second-order valence-corrected chi connectivity index (χ2v) is 4.57. The van der Waals surface area contributed by atoms with Crippen molar-refractivity contribution in [2.24, 2.45) is 11.7 Å². The van der Waals surface area contributed by atoms with E-state index in [9.17, 15) is 0 Å². The van der Waals surface area contributed by atoms with Gasteiger partial charge in [-0.3, -0.25) is 0 Å². The minimum Gasteiger partial charge on any atom is -0.324 e. The Hall–Kier alpha value is -0.340. The molecule has 0 radical (unpaired) electrons. The molecule has 2 N–H and O–H groups in total. The molecule has 0 bridgehead atoms. The smallest absolute Gasteiger partial charge is 0.0323 e. The van der Waals surface area contributed by atoms with Gasteiger partial charge in [-0.05, 0) is 23.6 Å². The van der Waals surface area contributed by atoms with E-state index in [-0.39, 0.29) is 6.04 Å². The van der Waals surface area contributed by atoms with E-state index in [0.29, 0.717) is 5.92 Å². The van der Waals surface area contributed by atoms with Crippen LogP contribution in [0.4, 0.5) is 0 Å². The maximum Gasteiger partial charge on any atom is 0.0323 e. The van der Waals surface area contributed by atoms with E-state index >= 15 is 0 Å². The van der Waals surface area contributed by atoms with Gasteiger partial charge in [0.05, 0.1) is 0 Å². The summed E-state index contributed by atoms with van der Waals surface area (Å²) in [6, 6.07) is 8.49. The minimum absolute atomic E-state index is 0.179. The monoisotopic (exact) mass is 255 g/mol. The molecule has 0 fully saturated rings. The Kier molecular flexibility index (Phi) is 4.63. The van der Waals surface area contributed by atoms with Gasteiger partial charge in [0.1, 0.15) is 0 Å². The molecule has 0 aliphatic heterocycles. The standard InChI is InChI=1S/C12H18BrN/c1-3-9(4-2)12(14)10-5-7-11(13)8-6-10/h5-9,12H,3-4,14H2,1-2H3. The summed E-state index contributed by atoms with van der Waals surface area (Å²) in [6.45, 7) is 4.40. The highest BCUT2D eigenvalue weighted by Gasteiger charge is 2.15. The van der Waals surface area contributed by atoms with Crippen LogP contribution in [-0.2, 0) is 0 Å².